The molecule has 0 saturated heterocycles. The minimum atomic E-state index is -0.363. The highest BCUT2D eigenvalue weighted by atomic mass is 32.2. The first-order valence-electron chi connectivity index (χ1n) is 10.1. The van der Waals surface area contributed by atoms with E-state index in [9.17, 15) is 10.1 Å². The van der Waals surface area contributed by atoms with Gasteiger partial charge in [0.05, 0.1) is 24.1 Å². The molecule has 0 saturated carbocycles. The van der Waals surface area contributed by atoms with Crippen LogP contribution in [0.4, 0.5) is 0 Å². The van der Waals surface area contributed by atoms with Gasteiger partial charge in [0.15, 0.2) is 11.0 Å². The second kappa shape index (κ2) is 10.5. The van der Waals surface area contributed by atoms with Gasteiger partial charge in [0.2, 0.25) is 0 Å². The summed E-state index contributed by atoms with van der Waals surface area (Å²) in [5.74, 6) is 0.971. The van der Waals surface area contributed by atoms with Crippen LogP contribution in [0.3, 0.4) is 0 Å². The predicted molar refractivity (Wildman–Crippen MR) is 125 cm³/mol. The Morgan fingerprint density at radius 3 is 2.45 bits per heavy atom. The summed E-state index contributed by atoms with van der Waals surface area (Å²) in [6.45, 7) is 0.210. The van der Waals surface area contributed by atoms with E-state index in [2.05, 4.69) is 16.3 Å². The summed E-state index contributed by atoms with van der Waals surface area (Å²) in [5.41, 5.74) is 2.83. The normalized spacial score (nSPS) is 10.4. The first-order valence-corrected chi connectivity index (χ1v) is 11.1. The molecule has 4 aromatic rings. The number of nitriles is 1. The second-order valence-corrected chi connectivity index (χ2v) is 7.88. The van der Waals surface area contributed by atoms with Crippen molar-refractivity contribution in [2.24, 2.45) is 0 Å². The van der Waals surface area contributed by atoms with Crippen LogP contribution in [0, 0.1) is 11.3 Å². The highest BCUT2D eigenvalue weighted by Gasteiger charge is 2.19. The monoisotopic (exact) mass is 456 g/mol. The number of benzene rings is 3. The van der Waals surface area contributed by atoms with Crippen molar-refractivity contribution in [2.75, 3.05) is 12.9 Å². The van der Waals surface area contributed by atoms with E-state index in [0.717, 1.165) is 16.9 Å². The average molecular weight is 457 g/mol. The summed E-state index contributed by atoms with van der Waals surface area (Å²) in [6, 6.07) is 26.3. The quantitative estimate of drug-likeness (QED) is 0.282. The van der Waals surface area contributed by atoms with Crippen LogP contribution < -0.4 is 4.74 Å². The van der Waals surface area contributed by atoms with Gasteiger partial charge in [0, 0.05) is 5.56 Å². The molecule has 0 radical (unpaired) electrons. The van der Waals surface area contributed by atoms with Crippen LogP contribution in [0.2, 0.25) is 0 Å². The molecule has 1 heterocycles. The minimum absolute atomic E-state index is 0.0578. The van der Waals surface area contributed by atoms with Gasteiger partial charge in [0.25, 0.3) is 0 Å². The number of ether oxygens (including phenoxy) is 2. The van der Waals surface area contributed by atoms with E-state index in [0.29, 0.717) is 22.2 Å². The number of thioether (sulfide) groups is 1. The first kappa shape index (κ1) is 22.1. The maximum atomic E-state index is 12.3. The van der Waals surface area contributed by atoms with Gasteiger partial charge < -0.3 is 9.47 Å². The predicted octanol–water partition coefficient (Wildman–Crippen LogP) is 4.65. The maximum absolute atomic E-state index is 12.3. The number of para-hydroxylation sites is 1. The Labute approximate surface area is 195 Å². The lowest BCUT2D eigenvalue weighted by Crippen LogP contribution is -2.09. The summed E-state index contributed by atoms with van der Waals surface area (Å²) in [5, 5.41) is 18.8. The number of esters is 1. The molecule has 0 N–H and O–H groups in total. The minimum Gasteiger partial charge on any atom is -0.497 e. The molecule has 0 aliphatic rings. The van der Waals surface area contributed by atoms with Crippen LogP contribution in [0.5, 0.6) is 5.75 Å². The SMILES string of the molecule is COc1ccc(-c2nnc(SCC(=O)OCc3ccccc3)n2-c2ccccc2C#N)cc1. The molecule has 0 atom stereocenters. The Morgan fingerprint density at radius 2 is 1.73 bits per heavy atom. The van der Waals surface area contributed by atoms with Gasteiger partial charge in [-0.05, 0) is 42.0 Å². The smallest absolute Gasteiger partial charge is 0.316 e. The molecule has 0 fully saturated rings. The molecule has 0 amide bonds. The lowest BCUT2D eigenvalue weighted by atomic mass is 10.1. The van der Waals surface area contributed by atoms with E-state index < -0.39 is 0 Å². The molecule has 33 heavy (non-hydrogen) atoms. The van der Waals surface area contributed by atoms with Crippen LogP contribution in [-0.2, 0) is 16.1 Å². The van der Waals surface area contributed by atoms with E-state index in [1.54, 1.807) is 23.8 Å². The summed E-state index contributed by atoms with van der Waals surface area (Å²) in [6.07, 6.45) is 0. The largest absolute Gasteiger partial charge is 0.497 e. The van der Waals surface area contributed by atoms with Crippen molar-refractivity contribution in [2.45, 2.75) is 11.8 Å². The molecule has 4 rings (SSSR count). The summed E-state index contributed by atoms with van der Waals surface area (Å²) in [7, 11) is 1.60. The molecule has 0 aliphatic heterocycles. The van der Waals surface area contributed by atoms with Crippen LogP contribution in [-0.4, -0.2) is 33.6 Å². The van der Waals surface area contributed by atoms with Crippen molar-refractivity contribution < 1.29 is 14.3 Å². The average Bonchev–Trinajstić information content (AvgIpc) is 3.30. The highest BCUT2D eigenvalue weighted by molar-refractivity contribution is 7.99. The number of hydrogen-bond donors (Lipinski definition) is 0. The molecule has 0 aliphatic carbocycles. The van der Waals surface area contributed by atoms with Crippen LogP contribution in [0.15, 0.2) is 84.0 Å². The molecule has 0 bridgehead atoms. The van der Waals surface area contributed by atoms with Gasteiger partial charge in [-0.25, -0.2) is 0 Å². The lowest BCUT2D eigenvalue weighted by molar-refractivity contribution is -0.141. The van der Waals surface area contributed by atoms with Gasteiger partial charge in [-0.15, -0.1) is 10.2 Å². The molecular weight excluding hydrogens is 436 g/mol. The molecule has 1 aromatic heterocycles. The topological polar surface area (TPSA) is 90.0 Å². The van der Waals surface area contributed by atoms with Gasteiger partial charge >= 0.3 is 5.97 Å². The molecule has 0 spiro atoms. The van der Waals surface area contributed by atoms with E-state index in [1.807, 2.05) is 66.7 Å². The fraction of sp³-hybridized carbons (Fsp3) is 0.120. The van der Waals surface area contributed by atoms with Crippen LogP contribution in [0.25, 0.3) is 17.1 Å². The number of hydrogen-bond acceptors (Lipinski definition) is 7. The fourth-order valence-electron chi connectivity index (χ4n) is 3.17. The Balaban J connectivity index is 1.60. The van der Waals surface area contributed by atoms with Crippen molar-refractivity contribution in [1.82, 2.24) is 14.8 Å². The third-order valence-electron chi connectivity index (χ3n) is 4.81. The Bertz CT molecular complexity index is 1280. The number of rotatable bonds is 8. The first-order chi connectivity index (χ1) is 16.2. The van der Waals surface area contributed by atoms with Crippen LogP contribution in [0.1, 0.15) is 11.1 Å². The fourth-order valence-corrected chi connectivity index (χ4v) is 3.92. The van der Waals surface area contributed by atoms with Crippen molar-refractivity contribution in [3.05, 3.63) is 90.0 Å². The van der Waals surface area contributed by atoms with Crippen molar-refractivity contribution in [3.8, 4) is 28.9 Å². The molecule has 8 heteroatoms. The number of nitrogens with zero attached hydrogens (tertiary/aromatic N) is 4. The number of carbonyl (C=O) groups excluding carboxylic acids is 1. The van der Waals surface area contributed by atoms with Crippen molar-refractivity contribution >= 4 is 17.7 Å². The maximum Gasteiger partial charge on any atom is 0.316 e. The van der Waals surface area contributed by atoms with Crippen molar-refractivity contribution in [3.63, 3.8) is 0 Å². The third-order valence-corrected chi connectivity index (χ3v) is 5.71. The second-order valence-electron chi connectivity index (χ2n) is 6.93. The summed E-state index contributed by atoms with van der Waals surface area (Å²) >= 11 is 1.21. The summed E-state index contributed by atoms with van der Waals surface area (Å²) in [4.78, 5) is 12.3. The molecule has 3 aromatic carbocycles. The molecule has 7 nitrogen and oxygen atoms in total. The molecule has 164 valence electrons. The zero-order valence-corrected chi connectivity index (χ0v) is 18.7. The van der Waals surface area contributed by atoms with Crippen LogP contribution >= 0.6 is 11.8 Å². The zero-order valence-electron chi connectivity index (χ0n) is 17.8. The Kier molecular flexibility index (Phi) is 7.03. The molecular formula is C25H20N4O3S. The Hall–Kier alpha value is -4.09. The standard InChI is InChI=1S/C25H20N4O3S/c1-31-21-13-11-19(12-14-21)24-27-28-25(29(24)22-10-6-5-9-20(22)15-26)33-17-23(30)32-16-18-7-3-2-4-8-18/h2-14H,16-17H2,1H3. The van der Waals surface area contributed by atoms with Gasteiger partial charge in [0.1, 0.15) is 18.4 Å². The van der Waals surface area contributed by atoms with Gasteiger partial charge in [-0.1, -0.05) is 54.2 Å². The number of carbonyl (C=O) groups is 1. The van der Waals surface area contributed by atoms with E-state index >= 15 is 0 Å². The lowest BCUT2D eigenvalue weighted by Gasteiger charge is -2.12. The van der Waals surface area contributed by atoms with E-state index in [1.165, 1.54) is 11.8 Å². The summed E-state index contributed by atoms with van der Waals surface area (Å²) < 4.78 is 12.4. The van der Waals surface area contributed by atoms with Crippen molar-refractivity contribution in [1.29, 1.82) is 5.26 Å². The van der Waals surface area contributed by atoms with Gasteiger partial charge in [-0.2, -0.15) is 5.26 Å². The third kappa shape index (κ3) is 5.22. The Morgan fingerprint density at radius 1 is 1.00 bits per heavy atom. The number of aromatic nitrogens is 3. The number of methoxy groups -OCH3 is 1. The highest BCUT2D eigenvalue weighted by Crippen LogP contribution is 2.30. The van der Waals surface area contributed by atoms with E-state index in [4.69, 9.17) is 9.47 Å². The molecule has 0 unspecified atom stereocenters. The van der Waals surface area contributed by atoms with Gasteiger partial charge in [-0.3, -0.25) is 9.36 Å². The zero-order chi connectivity index (χ0) is 23.0. The van der Waals surface area contributed by atoms with E-state index in [-0.39, 0.29) is 18.3 Å².